The van der Waals surface area contributed by atoms with Gasteiger partial charge in [0.05, 0.1) is 12.6 Å². The van der Waals surface area contributed by atoms with Crippen LogP contribution in [0.2, 0.25) is 0 Å². The van der Waals surface area contributed by atoms with Crippen LogP contribution in [0.25, 0.3) is 0 Å². The van der Waals surface area contributed by atoms with Crippen LogP contribution in [-0.2, 0) is 6.54 Å². The summed E-state index contributed by atoms with van der Waals surface area (Å²) in [6.45, 7) is 7.28. The Morgan fingerprint density at radius 1 is 1.39 bits per heavy atom. The molecule has 3 rings (SSSR count). The number of hydrogen-bond donors (Lipinski definition) is 2. The molecule has 126 valence electrons. The third-order valence-corrected chi connectivity index (χ3v) is 4.45. The van der Waals surface area contributed by atoms with Crippen molar-refractivity contribution in [3.8, 4) is 0 Å². The lowest BCUT2D eigenvalue weighted by Gasteiger charge is -2.21. The van der Waals surface area contributed by atoms with Gasteiger partial charge in [0.15, 0.2) is 5.96 Å². The first-order valence-corrected chi connectivity index (χ1v) is 8.67. The molecular weight excluding hydrogens is 290 g/mol. The van der Waals surface area contributed by atoms with Gasteiger partial charge in [-0.1, -0.05) is 0 Å². The monoisotopic (exact) mass is 317 g/mol. The lowest BCUT2D eigenvalue weighted by atomic mass is 10.2. The number of aromatic nitrogens is 1. The topological polar surface area (TPSA) is 64.0 Å². The number of β-amino-alcohol motifs (C(OH)–C–C–N with tert-alkyl or cyclic N) is 1. The summed E-state index contributed by atoms with van der Waals surface area (Å²) in [4.78, 5) is 13.7. The van der Waals surface area contributed by atoms with Gasteiger partial charge in [0.1, 0.15) is 5.82 Å². The van der Waals surface area contributed by atoms with E-state index in [4.69, 9.17) is 4.99 Å². The van der Waals surface area contributed by atoms with E-state index < -0.39 is 0 Å². The molecule has 1 aromatic heterocycles. The van der Waals surface area contributed by atoms with Crippen molar-refractivity contribution in [1.29, 1.82) is 0 Å². The van der Waals surface area contributed by atoms with Gasteiger partial charge in [-0.15, -0.1) is 0 Å². The molecule has 2 aliphatic heterocycles. The summed E-state index contributed by atoms with van der Waals surface area (Å²) < 4.78 is 0. The Labute approximate surface area is 138 Å². The zero-order chi connectivity index (χ0) is 16.1. The van der Waals surface area contributed by atoms with Crippen LogP contribution < -0.4 is 10.2 Å². The Kier molecular flexibility index (Phi) is 5.33. The molecule has 1 atom stereocenters. The van der Waals surface area contributed by atoms with E-state index in [2.05, 4.69) is 33.1 Å². The molecule has 0 aliphatic carbocycles. The molecule has 6 heteroatoms. The Morgan fingerprint density at radius 2 is 2.22 bits per heavy atom. The van der Waals surface area contributed by atoms with Gasteiger partial charge < -0.3 is 20.2 Å². The summed E-state index contributed by atoms with van der Waals surface area (Å²) in [5.74, 6) is 1.96. The molecule has 1 aromatic rings. The standard InChI is InChI=1S/C17H27N5O/c1-2-18-17(22-10-6-15(23)13-22)20-12-14-5-7-19-16(11-14)21-8-3-4-9-21/h5,7,11,15,23H,2-4,6,8-10,12-13H2,1H3,(H,18,20)/t15-/m1/s1. The molecule has 3 heterocycles. The molecule has 0 spiro atoms. The number of anilines is 1. The highest BCUT2D eigenvalue weighted by Crippen LogP contribution is 2.19. The largest absolute Gasteiger partial charge is 0.391 e. The number of aliphatic hydroxyl groups excluding tert-OH is 1. The van der Waals surface area contributed by atoms with Crippen LogP contribution in [0.4, 0.5) is 5.82 Å². The number of nitrogens with one attached hydrogen (secondary N) is 1. The molecule has 2 fully saturated rings. The molecule has 0 unspecified atom stereocenters. The van der Waals surface area contributed by atoms with Gasteiger partial charge in [-0.05, 0) is 43.9 Å². The summed E-state index contributed by atoms with van der Waals surface area (Å²) >= 11 is 0. The van der Waals surface area contributed by atoms with Crippen LogP contribution in [0, 0.1) is 0 Å². The highest BCUT2D eigenvalue weighted by atomic mass is 16.3. The summed E-state index contributed by atoms with van der Waals surface area (Å²) in [6, 6.07) is 4.18. The molecule has 2 aliphatic rings. The van der Waals surface area contributed by atoms with Crippen LogP contribution in [0.15, 0.2) is 23.3 Å². The number of nitrogens with zero attached hydrogens (tertiary/aromatic N) is 4. The van der Waals surface area contributed by atoms with Crippen molar-refractivity contribution in [2.45, 2.75) is 38.8 Å². The second kappa shape index (κ2) is 7.64. The first-order valence-electron chi connectivity index (χ1n) is 8.67. The van der Waals surface area contributed by atoms with Gasteiger partial charge in [0.25, 0.3) is 0 Å². The minimum Gasteiger partial charge on any atom is -0.391 e. The maximum atomic E-state index is 9.72. The Bertz CT molecular complexity index is 542. The molecule has 0 aromatic carbocycles. The van der Waals surface area contributed by atoms with Crippen molar-refractivity contribution in [2.75, 3.05) is 37.6 Å². The molecule has 2 saturated heterocycles. The number of rotatable bonds is 4. The third-order valence-electron chi connectivity index (χ3n) is 4.45. The van der Waals surface area contributed by atoms with Crippen molar-refractivity contribution in [3.63, 3.8) is 0 Å². The van der Waals surface area contributed by atoms with E-state index in [0.717, 1.165) is 44.4 Å². The molecule has 0 amide bonds. The molecule has 6 nitrogen and oxygen atoms in total. The zero-order valence-corrected chi connectivity index (χ0v) is 13.9. The van der Waals surface area contributed by atoms with E-state index >= 15 is 0 Å². The SMILES string of the molecule is CCNC(=NCc1ccnc(N2CCCC2)c1)N1CC[C@@H](O)C1. The van der Waals surface area contributed by atoms with Crippen molar-refractivity contribution in [2.24, 2.45) is 4.99 Å². The number of hydrogen-bond acceptors (Lipinski definition) is 4. The van der Waals surface area contributed by atoms with E-state index in [-0.39, 0.29) is 6.10 Å². The highest BCUT2D eigenvalue weighted by molar-refractivity contribution is 5.80. The Morgan fingerprint density at radius 3 is 2.91 bits per heavy atom. The van der Waals surface area contributed by atoms with Crippen molar-refractivity contribution < 1.29 is 5.11 Å². The van der Waals surface area contributed by atoms with Gasteiger partial charge in [-0.2, -0.15) is 0 Å². The van der Waals surface area contributed by atoms with Gasteiger partial charge in [-0.3, -0.25) is 0 Å². The average molecular weight is 317 g/mol. The average Bonchev–Trinajstić information content (AvgIpc) is 3.23. The fourth-order valence-electron chi connectivity index (χ4n) is 3.20. The van der Waals surface area contributed by atoms with Crippen LogP contribution >= 0.6 is 0 Å². The van der Waals surface area contributed by atoms with E-state index in [1.807, 2.05) is 12.3 Å². The summed E-state index contributed by atoms with van der Waals surface area (Å²) in [5, 5.41) is 13.0. The van der Waals surface area contributed by atoms with Gasteiger partial charge in [0, 0.05) is 38.9 Å². The summed E-state index contributed by atoms with van der Waals surface area (Å²) in [6.07, 6.45) is 4.98. The normalized spacial score (nSPS) is 22.0. The molecular formula is C17H27N5O. The predicted molar refractivity (Wildman–Crippen MR) is 92.7 cm³/mol. The second-order valence-corrected chi connectivity index (χ2v) is 6.28. The zero-order valence-electron chi connectivity index (χ0n) is 13.9. The van der Waals surface area contributed by atoms with Crippen LogP contribution in [-0.4, -0.2) is 59.8 Å². The third kappa shape index (κ3) is 4.13. The van der Waals surface area contributed by atoms with Crippen LogP contribution in [0.5, 0.6) is 0 Å². The fourth-order valence-corrected chi connectivity index (χ4v) is 3.20. The molecule has 0 radical (unpaired) electrons. The molecule has 23 heavy (non-hydrogen) atoms. The number of aliphatic hydroxyl groups is 1. The maximum Gasteiger partial charge on any atom is 0.194 e. The first-order chi connectivity index (χ1) is 11.3. The fraction of sp³-hybridized carbons (Fsp3) is 0.647. The van der Waals surface area contributed by atoms with E-state index in [9.17, 15) is 5.11 Å². The van der Waals surface area contributed by atoms with Crippen molar-refractivity contribution in [3.05, 3.63) is 23.9 Å². The molecule has 2 N–H and O–H groups in total. The summed E-state index contributed by atoms with van der Waals surface area (Å²) in [7, 11) is 0. The van der Waals surface area contributed by atoms with Gasteiger partial charge >= 0.3 is 0 Å². The Hall–Kier alpha value is -1.82. The van der Waals surface area contributed by atoms with E-state index in [0.29, 0.717) is 13.1 Å². The van der Waals surface area contributed by atoms with Crippen molar-refractivity contribution >= 4 is 11.8 Å². The smallest absolute Gasteiger partial charge is 0.194 e. The van der Waals surface area contributed by atoms with Crippen LogP contribution in [0.3, 0.4) is 0 Å². The first kappa shape index (κ1) is 16.1. The quantitative estimate of drug-likeness (QED) is 0.646. The number of guanidine groups is 1. The number of aliphatic imine (C=N–C) groups is 1. The van der Waals surface area contributed by atoms with E-state index in [1.54, 1.807) is 0 Å². The minimum absolute atomic E-state index is 0.235. The van der Waals surface area contributed by atoms with E-state index in [1.165, 1.54) is 18.4 Å². The lowest BCUT2D eigenvalue weighted by molar-refractivity contribution is 0.188. The maximum absolute atomic E-state index is 9.72. The van der Waals surface area contributed by atoms with Crippen molar-refractivity contribution in [1.82, 2.24) is 15.2 Å². The number of likely N-dealkylation sites (tertiary alicyclic amines) is 1. The molecule has 0 saturated carbocycles. The highest BCUT2D eigenvalue weighted by Gasteiger charge is 2.22. The summed E-state index contributed by atoms with van der Waals surface area (Å²) in [5.41, 5.74) is 1.18. The number of pyridine rings is 1. The predicted octanol–water partition coefficient (Wildman–Crippen LogP) is 1.21. The van der Waals surface area contributed by atoms with Gasteiger partial charge in [0.2, 0.25) is 0 Å². The van der Waals surface area contributed by atoms with Crippen LogP contribution in [0.1, 0.15) is 31.7 Å². The Balaban J connectivity index is 1.67. The molecule has 0 bridgehead atoms. The lowest BCUT2D eigenvalue weighted by Crippen LogP contribution is -2.40. The van der Waals surface area contributed by atoms with Gasteiger partial charge in [-0.25, -0.2) is 9.98 Å². The second-order valence-electron chi connectivity index (χ2n) is 6.28. The minimum atomic E-state index is -0.235.